The smallest absolute Gasteiger partial charge is 0.224 e. The van der Waals surface area contributed by atoms with E-state index in [0.717, 1.165) is 41.0 Å². The van der Waals surface area contributed by atoms with Gasteiger partial charge in [-0.05, 0) is 35.2 Å². The van der Waals surface area contributed by atoms with Crippen LogP contribution in [0.4, 0.5) is 0 Å². The number of fused-ring (bicyclic) bond motifs is 1. The highest BCUT2D eigenvalue weighted by molar-refractivity contribution is 5.79. The maximum Gasteiger partial charge on any atom is 0.224 e. The largest absolute Gasteiger partial charge is 0.349 e. The number of nitrogens with one attached hydrogen (secondary N) is 1. The lowest BCUT2D eigenvalue weighted by atomic mass is 10.0. The number of unbranched alkanes of at least 4 members (excludes halogenated alkanes) is 13. The number of amides is 1. The third-order valence-corrected chi connectivity index (χ3v) is 8.34. The molecule has 224 valence electrons. The SMILES string of the molecule is CCCCCCCCCCCCCCCCn1c(CNC(=O)Cc2ccc(-c3ccccc3)cc2)nc2ccccc21. The molecule has 1 amide bonds. The number of carbonyl (C=O) groups excluding carboxylic acids is 1. The molecule has 0 saturated heterocycles. The first-order valence-corrected chi connectivity index (χ1v) is 16.6. The fourth-order valence-electron chi connectivity index (χ4n) is 5.85. The molecule has 0 aliphatic carbocycles. The average Bonchev–Trinajstić information content (AvgIpc) is 3.38. The molecular formula is C38H51N3O. The van der Waals surface area contributed by atoms with E-state index in [1.807, 2.05) is 36.4 Å². The van der Waals surface area contributed by atoms with E-state index in [4.69, 9.17) is 4.98 Å². The molecule has 3 aromatic carbocycles. The Kier molecular flexibility index (Phi) is 13.7. The first-order chi connectivity index (χ1) is 20.7. The number of imidazole rings is 1. The van der Waals surface area contributed by atoms with E-state index in [2.05, 4.69) is 59.3 Å². The molecule has 42 heavy (non-hydrogen) atoms. The van der Waals surface area contributed by atoms with Gasteiger partial charge < -0.3 is 9.88 Å². The number of aryl methyl sites for hydroxylation is 1. The summed E-state index contributed by atoms with van der Waals surface area (Å²) in [5, 5.41) is 3.12. The number of nitrogens with zero attached hydrogens (tertiary/aromatic N) is 2. The molecule has 4 heteroatoms. The summed E-state index contributed by atoms with van der Waals surface area (Å²) < 4.78 is 2.31. The quantitative estimate of drug-likeness (QED) is 0.108. The molecule has 0 saturated carbocycles. The Labute approximate surface area is 254 Å². The van der Waals surface area contributed by atoms with Gasteiger partial charge in [0.2, 0.25) is 5.91 Å². The highest BCUT2D eigenvalue weighted by Crippen LogP contribution is 2.20. The van der Waals surface area contributed by atoms with Crippen molar-refractivity contribution < 1.29 is 4.79 Å². The van der Waals surface area contributed by atoms with E-state index >= 15 is 0 Å². The van der Waals surface area contributed by atoms with Gasteiger partial charge in [0, 0.05) is 6.54 Å². The summed E-state index contributed by atoms with van der Waals surface area (Å²) in [6.45, 7) is 3.69. The van der Waals surface area contributed by atoms with Gasteiger partial charge in [0.05, 0.1) is 24.0 Å². The topological polar surface area (TPSA) is 46.9 Å². The van der Waals surface area contributed by atoms with Crippen molar-refractivity contribution in [2.75, 3.05) is 0 Å². The van der Waals surface area contributed by atoms with E-state index in [9.17, 15) is 4.79 Å². The standard InChI is InChI=1S/C38H51N3O/c1-2-3-4-5-6-7-8-9-10-11-12-13-14-20-29-41-36-24-19-18-23-35(36)40-37(41)31-39-38(42)30-32-25-27-34(28-26-32)33-21-16-15-17-22-33/h15-19,21-28H,2-14,20,29-31H2,1H3,(H,39,42). The lowest BCUT2D eigenvalue weighted by Gasteiger charge is -2.11. The summed E-state index contributed by atoms with van der Waals surface area (Å²) in [5.74, 6) is 0.969. The zero-order valence-electron chi connectivity index (χ0n) is 25.8. The zero-order chi connectivity index (χ0) is 29.2. The Morgan fingerprint density at radius 2 is 1.19 bits per heavy atom. The second-order valence-corrected chi connectivity index (χ2v) is 11.8. The predicted molar refractivity (Wildman–Crippen MR) is 177 cm³/mol. The van der Waals surface area contributed by atoms with E-state index < -0.39 is 0 Å². The van der Waals surface area contributed by atoms with E-state index in [-0.39, 0.29) is 5.91 Å². The maximum absolute atomic E-state index is 12.8. The summed E-state index contributed by atoms with van der Waals surface area (Å²) >= 11 is 0. The van der Waals surface area contributed by atoms with Gasteiger partial charge in [-0.1, -0.05) is 157 Å². The molecule has 0 aliphatic heterocycles. The molecule has 1 heterocycles. The number of carbonyl (C=O) groups is 1. The van der Waals surface area contributed by atoms with Crippen LogP contribution in [0.2, 0.25) is 0 Å². The number of benzene rings is 3. The normalized spacial score (nSPS) is 11.3. The monoisotopic (exact) mass is 565 g/mol. The summed E-state index contributed by atoms with van der Waals surface area (Å²) in [7, 11) is 0. The van der Waals surface area contributed by atoms with Crippen LogP contribution in [-0.2, 0) is 24.3 Å². The van der Waals surface area contributed by atoms with Crippen LogP contribution < -0.4 is 5.32 Å². The van der Waals surface area contributed by atoms with Crippen molar-refractivity contribution in [2.45, 2.75) is 116 Å². The number of aromatic nitrogens is 2. The molecule has 0 fully saturated rings. The number of hydrogen-bond acceptors (Lipinski definition) is 2. The second-order valence-electron chi connectivity index (χ2n) is 11.8. The van der Waals surface area contributed by atoms with Crippen LogP contribution in [0.25, 0.3) is 22.2 Å². The summed E-state index contributed by atoms with van der Waals surface area (Å²) in [6, 6.07) is 26.9. The van der Waals surface area contributed by atoms with E-state index in [0.29, 0.717) is 13.0 Å². The van der Waals surface area contributed by atoms with Crippen molar-refractivity contribution >= 4 is 16.9 Å². The van der Waals surface area contributed by atoms with Gasteiger partial charge in [0.25, 0.3) is 0 Å². The van der Waals surface area contributed by atoms with Crippen molar-refractivity contribution in [1.82, 2.24) is 14.9 Å². The van der Waals surface area contributed by atoms with Gasteiger partial charge >= 0.3 is 0 Å². The third kappa shape index (κ3) is 10.5. The van der Waals surface area contributed by atoms with Gasteiger partial charge in [-0.2, -0.15) is 0 Å². The molecule has 0 aliphatic rings. The fourth-order valence-corrected chi connectivity index (χ4v) is 5.85. The van der Waals surface area contributed by atoms with Crippen molar-refractivity contribution in [1.29, 1.82) is 0 Å². The molecule has 0 bridgehead atoms. The molecule has 0 atom stereocenters. The highest BCUT2D eigenvalue weighted by Gasteiger charge is 2.12. The molecule has 4 aromatic rings. The molecule has 1 aromatic heterocycles. The summed E-state index contributed by atoms with van der Waals surface area (Å²) in [6.07, 6.45) is 19.4. The first kappa shape index (κ1) is 31.5. The van der Waals surface area contributed by atoms with Gasteiger partial charge in [0.1, 0.15) is 5.82 Å². The van der Waals surface area contributed by atoms with Crippen LogP contribution in [0.15, 0.2) is 78.9 Å². The molecule has 1 N–H and O–H groups in total. The van der Waals surface area contributed by atoms with Crippen molar-refractivity contribution in [3.05, 3.63) is 90.3 Å². The maximum atomic E-state index is 12.8. The molecule has 4 rings (SSSR count). The van der Waals surface area contributed by atoms with Crippen molar-refractivity contribution in [3.8, 4) is 11.1 Å². The summed E-state index contributed by atoms with van der Waals surface area (Å²) in [5.41, 5.74) is 5.53. The predicted octanol–water partition coefficient (Wildman–Crippen LogP) is 10.0. The zero-order valence-corrected chi connectivity index (χ0v) is 25.8. The van der Waals surface area contributed by atoms with Crippen molar-refractivity contribution in [3.63, 3.8) is 0 Å². The lowest BCUT2D eigenvalue weighted by Crippen LogP contribution is -2.26. The van der Waals surface area contributed by atoms with Gasteiger partial charge in [-0.15, -0.1) is 0 Å². The highest BCUT2D eigenvalue weighted by atomic mass is 16.1. The van der Waals surface area contributed by atoms with Crippen LogP contribution >= 0.6 is 0 Å². The number of rotatable bonds is 20. The first-order valence-electron chi connectivity index (χ1n) is 16.6. The number of para-hydroxylation sites is 2. The van der Waals surface area contributed by atoms with Gasteiger partial charge in [0.15, 0.2) is 0 Å². The van der Waals surface area contributed by atoms with Crippen LogP contribution in [-0.4, -0.2) is 15.5 Å². The van der Waals surface area contributed by atoms with Crippen LogP contribution in [0.3, 0.4) is 0 Å². The molecular weight excluding hydrogens is 514 g/mol. The number of hydrogen-bond donors (Lipinski definition) is 1. The van der Waals surface area contributed by atoms with Crippen LogP contribution in [0.1, 0.15) is 108 Å². The minimum atomic E-state index is 0.0255. The molecule has 0 radical (unpaired) electrons. The van der Waals surface area contributed by atoms with Crippen LogP contribution in [0.5, 0.6) is 0 Å². The second kappa shape index (κ2) is 18.2. The fraction of sp³-hybridized carbons (Fsp3) is 0.474. The Bertz CT molecular complexity index is 1310. The Morgan fingerprint density at radius 3 is 1.83 bits per heavy atom. The van der Waals surface area contributed by atoms with Crippen LogP contribution in [0, 0.1) is 0 Å². The molecule has 4 nitrogen and oxygen atoms in total. The van der Waals surface area contributed by atoms with Gasteiger partial charge in [-0.25, -0.2) is 4.98 Å². The average molecular weight is 566 g/mol. The Morgan fingerprint density at radius 1 is 0.643 bits per heavy atom. The summed E-state index contributed by atoms with van der Waals surface area (Å²) in [4.78, 5) is 17.7. The third-order valence-electron chi connectivity index (χ3n) is 8.34. The minimum absolute atomic E-state index is 0.0255. The van der Waals surface area contributed by atoms with E-state index in [1.54, 1.807) is 0 Å². The van der Waals surface area contributed by atoms with E-state index in [1.165, 1.54) is 89.0 Å². The Hall–Kier alpha value is -3.40. The van der Waals surface area contributed by atoms with Gasteiger partial charge in [-0.3, -0.25) is 4.79 Å². The van der Waals surface area contributed by atoms with Crippen molar-refractivity contribution in [2.24, 2.45) is 0 Å². The minimum Gasteiger partial charge on any atom is -0.349 e. The molecule has 0 unspecified atom stereocenters. The lowest BCUT2D eigenvalue weighted by molar-refractivity contribution is -0.120. The Balaban J connectivity index is 1.16. The molecule has 0 spiro atoms.